The number of hydrogen-bond acceptors (Lipinski definition) is 4. The molecule has 1 rings (SSSR count). The number of halogens is 1. The van der Waals surface area contributed by atoms with E-state index in [1.807, 2.05) is 0 Å². The Hall–Kier alpha value is -0.820. The highest BCUT2D eigenvalue weighted by molar-refractivity contribution is 8.09. The van der Waals surface area contributed by atoms with Gasteiger partial charge in [-0.15, -0.1) is 0 Å². The molecular weight excluding hydrogens is 292 g/mol. The van der Waals surface area contributed by atoms with Gasteiger partial charge < -0.3 is 14.0 Å². The molecule has 0 aromatic heterocycles. The lowest BCUT2D eigenvalue weighted by Gasteiger charge is -2.28. The molecule has 110 valence electrons. The standard InChI is InChI=1S/C12H19ClO5S/c1-8-9(7-18-19(4,5,14)15)12(13)11(17-3)6-10(8)16-2/h6H,7H2,1-5H3,(H,14,15). The number of ether oxygens (including phenoxy) is 2. The Labute approximate surface area is 118 Å². The molecule has 1 aromatic rings. The van der Waals surface area contributed by atoms with E-state index in [4.69, 9.17) is 25.3 Å². The van der Waals surface area contributed by atoms with Gasteiger partial charge >= 0.3 is 0 Å². The molecule has 0 saturated carbocycles. The molecule has 7 heteroatoms. The van der Waals surface area contributed by atoms with Crippen LogP contribution in [0, 0.1) is 6.92 Å². The molecule has 0 aliphatic rings. The summed E-state index contributed by atoms with van der Waals surface area (Å²) in [5.41, 5.74) is 1.30. The fourth-order valence-corrected chi connectivity index (χ4v) is 2.29. The van der Waals surface area contributed by atoms with Crippen molar-refractivity contribution in [2.24, 2.45) is 0 Å². The molecule has 0 heterocycles. The van der Waals surface area contributed by atoms with E-state index in [1.165, 1.54) is 14.2 Å². The maximum atomic E-state index is 11.7. The van der Waals surface area contributed by atoms with Crippen LogP contribution in [-0.4, -0.2) is 35.5 Å². The van der Waals surface area contributed by atoms with Crippen molar-refractivity contribution in [2.75, 3.05) is 26.7 Å². The van der Waals surface area contributed by atoms with Gasteiger partial charge in [-0.2, -0.15) is 0 Å². The Morgan fingerprint density at radius 3 is 2.21 bits per heavy atom. The minimum absolute atomic E-state index is 0.104. The molecule has 0 aliphatic heterocycles. The predicted octanol–water partition coefficient (Wildman–Crippen LogP) is 2.65. The molecule has 1 N–H and O–H groups in total. The third-order valence-electron chi connectivity index (χ3n) is 2.55. The van der Waals surface area contributed by atoms with Crippen LogP contribution in [0.1, 0.15) is 11.1 Å². The molecule has 0 unspecified atom stereocenters. The van der Waals surface area contributed by atoms with E-state index in [1.54, 1.807) is 13.0 Å². The van der Waals surface area contributed by atoms with Crippen molar-refractivity contribution in [1.82, 2.24) is 0 Å². The van der Waals surface area contributed by atoms with Crippen molar-refractivity contribution in [2.45, 2.75) is 13.5 Å². The lowest BCUT2D eigenvalue weighted by molar-refractivity contribution is 0.265. The highest BCUT2D eigenvalue weighted by Gasteiger charge is 2.23. The third kappa shape index (κ3) is 4.35. The zero-order valence-electron chi connectivity index (χ0n) is 11.7. The van der Waals surface area contributed by atoms with Crippen molar-refractivity contribution in [3.05, 3.63) is 22.2 Å². The van der Waals surface area contributed by atoms with E-state index in [2.05, 4.69) is 0 Å². The minimum Gasteiger partial charge on any atom is -0.496 e. The highest BCUT2D eigenvalue weighted by atomic mass is 35.5. The van der Waals surface area contributed by atoms with Crippen LogP contribution in [0.2, 0.25) is 5.02 Å². The van der Waals surface area contributed by atoms with Gasteiger partial charge in [-0.1, -0.05) is 11.6 Å². The van der Waals surface area contributed by atoms with Crippen molar-refractivity contribution < 1.29 is 22.4 Å². The molecule has 0 fully saturated rings. The summed E-state index contributed by atoms with van der Waals surface area (Å²) in [6.07, 6.45) is 2.27. The summed E-state index contributed by atoms with van der Waals surface area (Å²) >= 11 is 6.19. The molecule has 0 radical (unpaired) electrons. The first-order valence-electron chi connectivity index (χ1n) is 5.47. The smallest absolute Gasteiger partial charge is 0.141 e. The van der Waals surface area contributed by atoms with Crippen molar-refractivity contribution >= 4 is 21.2 Å². The molecule has 0 amide bonds. The summed E-state index contributed by atoms with van der Waals surface area (Å²) in [6, 6.07) is 1.66. The molecule has 0 atom stereocenters. The van der Waals surface area contributed by atoms with Crippen LogP contribution < -0.4 is 9.47 Å². The van der Waals surface area contributed by atoms with Crippen LogP contribution in [0.15, 0.2) is 6.07 Å². The number of methoxy groups -OCH3 is 2. The van der Waals surface area contributed by atoms with Crippen LogP contribution in [-0.2, 0) is 20.4 Å². The van der Waals surface area contributed by atoms with Gasteiger partial charge in [0.25, 0.3) is 0 Å². The molecular formula is C12H19ClO5S. The lowest BCUT2D eigenvalue weighted by Crippen LogP contribution is -2.31. The summed E-state index contributed by atoms with van der Waals surface area (Å²) < 4.78 is 36.8. The van der Waals surface area contributed by atoms with E-state index in [0.717, 1.165) is 18.1 Å². The SMILES string of the molecule is COc1cc(OC)c(Cl)c(COS(C)(C)(=O)O)c1C. The highest BCUT2D eigenvalue weighted by Crippen LogP contribution is 2.37. The summed E-state index contributed by atoms with van der Waals surface area (Å²) in [6.45, 7) is 1.69. The molecule has 0 spiro atoms. The van der Waals surface area contributed by atoms with E-state index in [9.17, 15) is 8.76 Å². The molecule has 19 heavy (non-hydrogen) atoms. The van der Waals surface area contributed by atoms with Crippen molar-refractivity contribution in [3.8, 4) is 11.5 Å². The normalized spacial score (nSPS) is 13.7. The van der Waals surface area contributed by atoms with Gasteiger partial charge in [0.2, 0.25) is 0 Å². The number of rotatable bonds is 5. The summed E-state index contributed by atoms with van der Waals surface area (Å²) in [5.74, 6) is 1.00. The number of benzene rings is 1. The molecule has 0 aliphatic carbocycles. The Bertz CT molecular complexity index is 510. The van der Waals surface area contributed by atoms with E-state index in [0.29, 0.717) is 22.1 Å². The second-order valence-electron chi connectivity index (χ2n) is 4.62. The second-order valence-corrected chi connectivity index (χ2v) is 8.55. The first-order valence-corrected chi connectivity index (χ1v) is 8.51. The van der Waals surface area contributed by atoms with E-state index < -0.39 is 9.63 Å². The summed E-state index contributed by atoms with van der Waals surface area (Å²) in [7, 11) is -1.04. The summed E-state index contributed by atoms with van der Waals surface area (Å²) in [5, 5.41) is 0.345. The topological polar surface area (TPSA) is 65.0 Å². The van der Waals surface area contributed by atoms with Gasteiger partial charge in [0.15, 0.2) is 0 Å². The predicted molar refractivity (Wildman–Crippen MR) is 76.7 cm³/mol. The van der Waals surface area contributed by atoms with Crippen LogP contribution in [0.25, 0.3) is 0 Å². The Morgan fingerprint density at radius 2 is 1.79 bits per heavy atom. The Morgan fingerprint density at radius 1 is 1.26 bits per heavy atom. The third-order valence-corrected chi connectivity index (χ3v) is 3.75. The van der Waals surface area contributed by atoms with Crippen LogP contribution >= 0.6 is 11.6 Å². The first kappa shape index (κ1) is 16.2. The molecule has 0 saturated heterocycles. The molecule has 5 nitrogen and oxygen atoms in total. The number of hydrogen-bond donors (Lipinski definition) is 1. The van der Waals surface area contributed by atoms with Crippen LogP contribution in [0.3, 0.4) is 0 Å². The fourth-order valence-electron chi connectivity index (χ4n) is 1.51. The maximum Gasteiger partial charge on any atom is 0.141 e. The quantitative estimate of drug-likeness (QED) is 0.905. The van der Waals surface area contributed by atoms with Crippen LogP contribution in [0.4, 0.5) is 0 Å². The van der Waals surface area contributed by atoms with Gasteiger partial charge in [-0.3, -0.25) is 4.18 Å². The van der Waals surface area contributed by atoms with Crippen LogP contribution in [0.5, 0.6) is 11.5 Å². The van der Waals surface area contributed by atoms with Gasteiger partial charge in [-0.25, -0.2) is 4.21 Å². The lowest BCUT2D eigenvalue weighted by atomic mass is 10.1. The van der Waals surface area contributed by atoms with Gasteiger partial charge in [0.05, 0.1) is 35.5 Å². The van der Waals surface area contributed by atoms with E-state index in [-0.39, 0.29) is 6.61 Å². The zero-order chi connectivity index (χ0) is 14.9. The average Bonchev–Trinajstić information content (AvgIpc) is 2.27. The maximum absolute atomic E-state index is 11.7. The van der Waals surface area contributed by atoms with Crippen molar-refractivity contribution in [1.29, 1.82) is 0 Å². The summed E-state index contributed by atoms with van der Waals surface area (Å²) in [4.78, 5) is 0. The van der Waals surface area contributed by atoms with Gasteiger partial charge in [0.1, 0.15) is 11.5 Å². The monoisotopic (exact) mass is 310 g/mol. The van der Waals surface area contributed by atoms with Gasteiger partial charge in [0, 0.05) is 24.1 Å². The zero-order valence-corrected chi connectivity index (χ0v) is 13.2. The fraction of sp³-hybridized carbons (Fsp3) is 0.500. The average molecular weight is 311 g/mol. The first-order chi connectivity index (χ1) is 8.55. The minimum atomic E-state index is -4.05. The molecule has 0 bridgehead atoms. The van der Waals surface area contributed by atoms with Crippen molar-refractivity contribution in [3.63, 3.8) is 0 Å². The van der Waals surface area contributed by atoms with E-state index >= 15 is 0 Å². The Balaban J connectivity index is 3.23. The largest absolute Gasteiger partial charge is 0.496 e. The van der Waals surface area contributed by atoms with Gasteiger partial charge in [-0.05, 0) is 12.5 Å². The molecule has 1 aromatic carbocycles. The second kappa shape index (κ2) is 5.28. The Kier molecular flexibility index (Phi) is 4.51.